The maximum absolute atomic E-state index is 12.9. The summed E-state index contributed by atoms with van der Waals surface area (Å²) in [5.41, 5.74) is 2.30. The molecule has 0 bridgehead atoms. The van der Waals surface area contributed by atoms with Crippen LogP contribution in [0.2, 0.25) is 0 Å². The van der Waals surface area contributed by atoms with Gasteiger partial charge in [-0.05, 0) is 67.6 Å². The zero-order chi connectivity index (χ0) is 21.7. The summed E-state index contributed by atoms with van der Waals surface area (Å²) >= 11 is 0. The number of carbonyl (C=O) groups is 1. The number of nitrogens with one attached hydrogen (secondary N) is 1. The highest BCUT2D eigenvalue weighted by atomic mass is 32.2. The molecule has 1 saturated heterocycles. The monoisotopic (exact) mass is 432 g/mol. The Hall–Kier alpha value is -2.58. The van der Waals surface area contributed by atoms with Gasteiger partial charge in [0.25, 0.3) is 0 Å². The molecule has 0 aliphatic carbocycles. The summed E-state index contributed by atoms with van der Waals surface area (Å²) in [7, 11) is -0.440. The van der Waals surface area contributed by atoms with E-state index in [1.165, 1.54) is 11.4 Å². The molecule has 1 aliphatic rings. The fraction of sp³-hybridized carbons (Fsp3) is 0.409. The molecule has 8 heteroatoms. The molecule has 0 unspecified atom stereocenters. The lowest BCUT2D eigenvalue weighted by Gasteiger charge is -2.17. The quantitative estimate of drug-likeness (QED) is 0.691. The molecule has 7 nitrogen and oxygen atoms in total. The first-order chi connectivity index (χ1) is 14.3. The van der Waals surface area contributed by atoms with Crippen LogP contribution in [-0.2, 0) is 21.2 Å². The van der Waals surface area contributed by atoms with E-state index in [-0.39, 0.29) is 17.2 Å². The van der Waals surface area contributed by atoms with E-state index >= 15 is 0 Å². The Balaban J connectivity index is 1.74. The first kappa shape index (κ1) is 22.1. The number of methoxy groups -OCH3 is 2. The maximum atomic E-state index is 12.9. The minimum absolute atomic E-state index is 0.181. The third-order valence-electron chi connectivity index (χ3n) is 5.21. The van der Waals surface area contributed by atoms with Crippen molar-refractivity contribution < 1.29 is 22.7 Å². The van der Waals surface area contributed by atoms with Gasteiger partial charge in [0.1, 0.15) is 11.5 Å². The van der Waals surface area contributed by atoms with E-state index in [2.05, 4.69) is 5.32 Å². The number of aryl methyl sites for hydroxylation is 2. The van der Waals surface area contributed by atoms with Crippen LogP contribution >= 0.6 is 0 Å². The van der Waals surface area contributed by atoms with Gasteiger partial charge in [0.15, 0.2) is 0 Å². The molecule has 0 spiro atoms. The number of nitrogens with zero attached hydrogens (tertiary/aromatic N) is 1. The van der Waals surface area contributed by atoms with Crippen LogP contribution in [-0.4, -0.2) is 45.9 Å². The SMILES string of the molecule is COc1ccc(S(=O)(=O)N2CCCC2)cc1CCC(=O)Nc1cc(C)ccc1OC. The number of rotatable bonds is 8. The van der Waals surface area contributed by atoms with Gasteiger partial charge in [-0.1, -0.05) is 6.07 Å². The zero-order valence-corrected chi connectivity index (χ0v) is 18.4. The third kappa shape index (κ3) is 4.94. The fourth-order valence-electron chi connectivity index (χ4n) is 3.57. The van der Waals surface area contributed by atoms with Crippen LogP contribution in [0.1, 0.15) is 30.4 Å². The molecule has 0 saturated carbocycles. The van der Waals surface area contributed by atoms with Gasteiger partial charge >= 0.3 is 0 Å². The first-order valence-electron chi connectivity index (χ1n) is 9.96. The van der Waals surface area contributed by atoms with Crippen LogP contribution in [0.5, 0.6) is 11.5 Å². The predicted molar refractivity (Wildman–Crippen MR) is 116 cm³/mol. The molecule has 1 fully saturated rings. The summed E-state index contributed by atoms with van der Waals surface area (Å²) < 4.78 is 37.9. The number of carbonyl (C=O) groups excluding carboxylic acids is 1. The van der Waals surface area contributed by atoms with Crippen LogP contribution in [0.25, 0.3) is 0 Å². The number of amides is 1. The van der Waals surface area contributed by atoms with Crippen molar-refractivity contribution >= 4 is 21.6 Å². The first-order valence-corrected chi connectivity index (χ1v) is 11.4. The van der Waals surface area contributed by atoms with Crippen LogP contribution in [0.3, 0.4) is 0 Å². The van der Waals surface area contributed by atoms with Gasteiger partial charge in [0.2, 0.25) is 15.9 Å². The predicted octanol–water partition coefficient (Wildman–Crippen LogP) is 3.37. The molecule has 0 radical (unpaired) electrons. The average Bonchev–Trinajstić information content (AvgIpc) is 3.28. The molecule has 3 rings (SSSR count). The smallest absolute Gasteiger partial charge is 0.243 e. The third-order valence-corrected chi connectivity index (χ3v) is 7.10. The van der Waals surface area contributed by atoms with E-state index in [1.807, 2.05) is 19.1 Å². The highest BCUT2D eigenvalue weighted by molar-refractivity contribution is 7.89. The number of ether oxygens (including phenoxy) is 2. The molecule has 30 heavy (non-hydrogen) atoms. The standard InChI is InChI=1S/C22H28N2O5S/c1-16-6-9-21(29-3)19(14-16)23-22(25)11-7-17-15-18(8-10-20(17)28-2)30(26,27)24-12-4-5-13-24/h6,8-10,14-15H,4-5,7,11-13H2,1-3H3,(H,23,25). The van der Waals surface area contributed by atoms with Crippen molar-refractivity contribution in [3.05, 3.63) is 47.5 Å². The number of benzene rings is 2. The highest BCUT2D eigenvalue weighted by Crippen LogP contribution is 2.28. The molecular formula is C22H28N2O5S. The number of sulfonamides is 1. The molecule has 1 aliphatic heterocycles. The molecule has 1 N–H and O–H groups in total. The molecular weight excluding hydrogens is 404 g/mol. The van der Waals surface area contributed by atoms with Gasteiger partial charge in [0, 0.05) is 19.5 Å². The molecule has 162 valence electrons. The summed E-state index contributed by atoms with van der Waals surface area (Å²) in [6, 6.07) is 10.4. The summed E-state index contributed by atoms with van der Waals surface area (Å²) in [5.74, 6) is 0.968. The van der Waals surface area contributed by atoms with Gasteiger partial charge in [-0.3, -0.25) is 4.79 Å². The highest BCUT2D eigenvalue weighted by Gasteiger charge is 2.27. The Labute approximate surface area is 178 Å². The normalized spacial score (nSPS) is 14.5. The summed E-state index contributed by atoms with van der Waals surface area (Å²) in [6.07, 6.45) is 2.29. The Morgan fingerprint density at radius 1 is 1.03 bits per heavy atom. The van der Waals surface area contributed by atoms with E-state index < -0.39 is 10.0 Å². The molecule has 0 atom stereocenters. The van der Waals surface area contributed by atoms with Crippen molar-refractivity contribution in [2.45, 2.75) is 37.5 Å². The average molecular weight is 433 g/mol. The largest absolute Gasteiger partial charge is 0.496 e. The second kappa shape index (κ2) is 9.49. The van der Waals surface area contributed by atoms with Crippen molar-refractivity contribution in [3.63, 3.8) is 0 Å². The summed E-state index contributed by atoms with van der Waals surface area (Å²) in [6.45, 7) is 3.03. The Morgan fingerprint density at radius 2 is 1.70 bits per heavy atom. The minimum atomic E-state index is -3.53. The van der Waals surface area contributed by atoms with Crippen LogP contribution in [0.15, 0.2) is 41.3 Å². The van der Waals surface area contributed by atoms with Crippen molar-refractivity contribution in [2.24, 2.45) is 0 Å². The van der Waals surface area contributed by atoms with Gasteiger partial charge in [-0.15, -0.1) is 0 Å². The van der Waals surface area contributed by atoms with Gasteiger partial charge < -0.3 is 14.8 Å². The lowest BCUT2D eigenvalue weighted by atomic mass is 10.1. The number of anilines is 1. The van der Waals surface area contributed by atoms with E-state index in [9.17, 15) is 13.2 Å². The lowest BCUT2D eigenvalue weighted by molar-refractivity contribution is -0.116. The zero-order valence-electron chi connectivity index (χ0n) is 17.6. The second-order valence-corrected chi connectivity index (χ2v) is 9.27. The molecule has 1 amide bonds. The summed E-state index contributed by atoms with van der Waals surface area (Å²) in [4.78, 5) is 12.8. The van der Waals surface area contributed by atoms with Crippen LogP contribution in [0, 0.1) is 6.92 Å². The minimum Gasteiger partial charge on any atom is -0.496 e. The molecule has 0 aromatic heterocycles. The lowest BCUT2D eigenvalue weighted by Crippen LogP contribution is -2.28. The second-order valence-electron chi connectivity index (χ2n) is 7.34. The van der Waals surface area contributed by atoms with Crippen molar-refractivity contribution in [1.82, 2.24) is 4.31 Å². The maximum Gasteiger partial charge on any atom is 0.243 e. The van der Waals surface area contributed by atoms with Gasteiger partial charge in [-0.2, -0.15) is 4.31 Å². The van der Waals surface area contributed by atoms with E-state index in [0.29, 0.717) is 42.3 Å². The van der Waals surface area contributed by atoms with Crippen LogP contribution in [0.4, 0.5) is 5.69 Å². The van der Waals surface area contributed by atoms with Crippen molar-refractivity contribution in [1.29, 1.82) is 0 Å². The molecule has 2 aromatic rings. The van der Waals surface area contributed by atoms with Crippen molar-refractivity contribution in [2.75, 3.05) is 32.6 Å². The van der Waals surface area contributed by atoms with Crippen LogP contribution < -0.4 is 14.8 Å². The summed E-state index contributed by atoms with van der Waals surface area (Å²) in [5, 5.41) is 2.87. The van der Waals surface area contributed by atoms with Gasteiger partial charge in [0.05, 0.1) is 24.8 Å². The van der Waals surface area contributed by atoms with E-state index in [0.717, 1.165) is 18.4 Å². The molecule has 2 aromatic carbocycles. The van der Waals surface area contributed by atoms with E-state index in [1.54, 1.807) is 31.4 Å². The topological polar surface area (TPSA) is 84.9 Å². The van der Waals surface area contributed by atoms with Gasteiger partial charge in [-0.25, -0.2) is 8.42 Å². The Kier molecular flexibility index (Phi) is 6.99. The van der Waals surface area contributed by atoms with Crippen molar-refractivity contribution in [3.8, 4) is 11.5 Å². The molecule has 1 heterocycles. The fourth-order valence-corrected chi connectivity index (χ4v) is 5.14. The Morgan fingerprint density at radius 3 is 2.37 bits per heavy atom. The number of hydrogen-bond acceptors (Lipinski definition) is 5. The Bertz CT molecular complexity index is 1010. The number of hydrogen-bond donors (Lipinski definition) is 1. The van der Waals surface area contributed by atoms with E-state index in [4.69, 9.17) is 9.47 Å².